The second-order valence-corrected chi connectivity index (χ2v) is 7.40. The van der Waals surface area contributed by atoms with Crippen LogP contribution >= 0.6 is 0 Å². The van der Waals surface area contributed by atoms with E-state index >= 15 is 0 Å². The Morgan fingerprint density at radius 3 is 2.18 bits per heavy atom. The molecule has 0 unspecified atom stereocenters. The van der Waals surface area contributed by atoms with Crippen molar-refractivity contribution < 1.29 is 22.4 Å². The van der Waals surface area contributed by atoms with Gasteiger partial charge in [-0.1, -0.05) is 48.0 Å². The maximum absolute atomic E-state index is 11.2. The molecule has 3 rings (SSSR count). The van der Waals surface area contributed by atoms with Crippen LogP contribution in [-0.4, -0.2) is 28.8 Å². The van der Waals surface area contributed by atoms with E-state index in [0.29, 0.717) is 6.54 Å². The molecular formula is C18H21N5O4S. The van der Waals surface area contributed by atoms with Crippen molar-refractivity contribution in [3.05, 3.63) is 71.4 Å². The fraction of sp³-hybridized carbons (Fsp3) is 0.167. The summed E-state index contributed by atoms with van der Waals surface area (Å²) >= 11 is 0. The molecule has 1 aromatic heterocycles. The first-order valence-electron chi connectivity index (χ1n) is 8.18. The summed E-state index contributed by atoms with van der Waals surface area (Å²) in [7, 11) is -2.63. The first kappa shape index (κ1) is 21.1. The first-order valence-corrected chi connectivity index (χ1v) is 9.59. The zero-order chi connectivity index (χ0) is 20.9. The molecule has 0 aliphatic carbocycles. The van der Waals surface area contributed by atoms with Gasteiger partial charge in [0, 0.05) is 5.21 Å². The standard InChI is InChI=1S/C11H13N5O.C7H8O3S/c1-15-9(11(13)17)10(12)16(14-15)7-8-5-3-2-4-6-8;1-6-2-4-7(5-3-6)11(8,9)10/h2-6H,7H2,1H3,(H3-,12,13,14,17);2-5H,1H3,(H,8,9,10). The normalized spacial score (nSPS) is 10.8. The third-order valence-electron chi connectivity index (χ3n) is 3.80. The molecule has 10 heteroatoms. The number of nitrogens with two attached hydrogens (primary N) is 2. The SMILES string of the molecule is Cc1ccc(S(=O)(=O)[O-])cc1.Cn1n[n+](Cc2ccccc2)c(N)c1C(N)=O. The molecule has 28 heavy (non-hydrogen) atoms. The van der Waals surface area contributed by atoms with Gasteiger partial charge < -0.3 is 16.0 Å². The number of carbonyl (C=O) groups is 1. The molecule has 3 aromatic rings. The lowest BCUT2D eigenvalue weighted by Gasteiger charge is -2.05. The van der Waals surface area contributed by atoms with Crippen LogP contribution in [0.25, 0.3) is 0 Å². The lowest BCUT2D eigenvalue weighted by Crippen LogP contribution is -2.39. The second kappa shape index (κ2) is 8.63. The van der Waals surface area contributed by atoms with Crippen molar-refractivity contribution >= 4 is 21.8 Å². The summed E-state index contributed by atoms with van der Waals surface area (Å²) < 4.78 is 34.1. The van der Waals surface area contributed by atoms with Crippen LogP contribution in [0.2, 0.25) is 0 Å². The quantitative estimate of drug-likeness (QED) is 0.474. The van der Waals surface area contributed by atoms with Gasteiger partial charge in [-0.25, -0.2) is 8.42 Å². The summed E-state index contributed by atoms with van der Waals surface area (Å²) in [5.41, 5.74) is 13.3. The van der Waals surface area contributed by atoms with E-state index in [2.05, 4.69) is 5.21 Å². The number of primary amides is 1. The predicted octanol–water partition coefficient (Wildman–Crippen LogP) is 0.336. The molecule has 0 bridgehead atoms. The largest absolute Gasteiger partial charge is 0.744 e. The number of anilines is 1. The van der Waals surface area contributed by atoms with E-state index in [4.69, 9.17) is 11.5 Å². The van der Waals surface area contributed by atoms with Gasteiger partial charge in [0.05, 0.1) is 11.9 Å². The summed E-state index contributed by atoms with van der Waals surface area (Å²) in [6.07, 6.45) is 0. The fourth-order valence-electron chi connectivity index (χ4n) is 2.41. The smallest absolute Gasteiger partial charge is 0.289 e. The van der Waals surface area contributed by atoms with E-state index in [0.717, 1.165) is 11.1 Å². The maximum Gasteiger partial charge on any atom is 0.289 e. The Morgan fingerprint density at radius 1 is 1.14 bits per heavy atom. The van der Waals surface area contributed by atoms with Gasteiger partial charge in [0.2, 0.25) is 0 Å². The van der Waals surface area contributed by atoms with Crippen LogP contribution in [0.15, 0.2) is 59.5 Å². The van der Waals surface area contributed by atoms with Gasteiger partial charge in [-0.2, -0.15) is 4.68 Å². The van der Waals surface area contributed by atoms with Crippen LogP contribution in [0.1, 0.15) is 21.6 Å². The van der Waals surface area contributed by atoms with Gasteiger partial charge in [0.15, 0.2) is 0 Å². The van der Waals surface area contributed by atoms with Gasteiger partial charge >= 0.3 is 0 Å². The monoisotopic (exact) mass is 403 g/mol. The van der Waals surface area contributed by atoms with Crippen LogP contribution in [0.3, 0.4) is 0 Å². The van der Waals surface area contributed by atoms with Crippen molar-refractivity contribution in [3.63, 3.8) is 0 Å². The average molecular weight is 403 g/mol. The zero-order valence-corrected chi connectivity index (χ0v) is 16.3. The third kappa shape index (κ3) is 5.38. The van der Waals surface area contributed by atoms with Gasteiger partial charge in [-0.15, -0.1) is 4.68 Å². The molecule has 2 aromatic carbocycles. The molecule has 0 spiro atoms. The van der Waals surface area contributed by atoms with Crippen molar-refractivity contribution in [1.29, 1.82) is 0 Å². The Hall–Kier alpha value is -3.24. The molecule has 1 amide bonds. The number of benzene rings is 2. The van der Waals surface area contributed by atoms with E-state index in [1.165, 1.54) is 16.8 Å². The van der Waals surface area contributed by atoms with Gasteiger partial charge in [-0.3, -0.25) is 4.79 Å². The predicted molar refractivity (Wildman–Crippen MR) is 101 cm³/mol. The number of hydrogen-bond acceptors (Lipinski definition) is 6. The topological polar surface area (TPSA) is 148 Å². The van der Waals surface area contributed by atoms with Crippen molar-refractivity contribution in [2.45, 2.75) is 18.4 Å². The number of amides is 1. The van der Waals surface area contributed by atoms with Crippen molar-refractivity contribution in [2.75, 3.05) is 5.73 Å². The van der Waals surface area contributed by atoms with E-state index < -0.39 is 16.0 Å². The molecule has 0 radical (unpaired) electrons. The molecule has 148 valence electrons. The molecule has 0 aliphatic heterocycles. The van der Waals surface area contributed by atoms with Crippen LogP contribution < -0.4 is 16.1 Å². The molecule has 0 aliphatic rings. The molecule has 9 nitrogen and oxygen atoms in total. The number of nitrogens with zero attached hydrogens (tertiary/aromatic N) is 3. The lowest BCUT2D eigenvalue weighted by molar-refractivity contribution is -0.734. The van der Waals surface area contributed by atoms with Gasteiger partial charge in [0.1, 0.15) is 16.7 Å². The number of aromatic nitrogens is 3. The third-order valence-corrected chi connectivity index (χ3v) is 4.65. The molecule has 0 saturated heterocycles. The van der Waals surface area contributed by atoms with E-state index in [-0.39, 0.29) is 16.4 Å². The highest BCUT2D eigenvalue weighted by Crippen LogP contribution is 2.08. The Morgan fingerprint density at radius 2 is 1.71 bits per heavy atom. The highest BCUT2D eigenvalue weighted by Gasteiger charge is 2.23. The Kier molecular flexibility index (Phi) is 6.49. The number of hydrogen-bond donors (Lipinski definition) is 2. The second-order valence-electron chi connectivity index (χ2n) is 6.02. The Labute approximate surface area is 162 Å². The molecule has 0 atom stereocenters. The number of carbonyl (C=O) groups excluding carboxylic acids is 1. The zero-order valence-electron chi connectivity index (χ0n) is 15.4. The summed E-state index contributed by atoms with van der Waals surface area (Å²) in [5.74, 6) is -0.298. The van der Waals surface area contributed by atoms with Gasteiger partial charge in [-0.05, 0) is 24.6 Å². The van der Waals surface area contributed by atoms with Crippen molar-refractivity contribution in [3.8, 4) is 0 Å². The number of aryl methyl sites for hydroxylation is 2. The maximum atomic E-state index is 11.2. The molecule has 4 N–H and O–H groups in total. The number of rotatable bonds is 4. The van der Waals surface area contributed by atoms with Crippen molar-refractivity contribution in [1.82, 2.24) is 9.90 Å². The van der Waals surface area contributed by atoms with Crippen LogP contribution in [0.4, 0.5) is 5.82 Å². The van der Waals surface area contributed by atoms with Gasteiger partial charge in [0.25, 0.3) is 17.4 Å². The van der Waals surface area contributed by atoms with Crippen molar-refractivity contribution in [2.24, 2.45) is 12.8 Å². The van der Waals surface area contributed by atoms with E-state index in [1.54, 1.807) is 23.9 Å². The molecule has 1 heterocycles. The Bertz CT molecular complexity index is 1060. The van der Waals surface area contributed by atoms with Crippen LogP contribution in [-0.2, 0) is 23.7 Å². The fourth-order valence-corrected chi connectivity index (χ4v) is 2.88. The van der Waals surface area contributed by atoms with E-state index in [9.17, 15) is 17.8 Å². The summed E-state index contributed by atoms with van der Waals surface area (Å²) in [4.78, 5) is 11.0. The Balaban J connectivity index is 0.000000221. The molecule has 0 fully saturated rings. The summed E-state index contributed by atoms with van der Waals surface area (Å²) in [6.45, 7) is 2.33. The summed E-state index contributed by atoms with van der Waals surface area (Å²) in [6, 6.07) is 15.5. The molecular weight excluding hydrogens is 382 g/mol. The first-order chi connectivity index (χ1) is 13.1. The minimum atomic E-state index is -4.27. The lowest BCUT2D eigenvalue weighted by atomic mass is 10.2. The van der Waals surface area contributed by atoms with Crippen LogP contribution in [0, 0.1) is 6.92 Å². The summed E-state index contributed by atoms with van der Waals surface area (Å²) in [5, 5.41) is 4.13. The highest BCUT2D eigenvalue weighted by molar-refractivity contribution is 7.85. The van der Waals surface area contributed by atoms with Crippen LogP contribution in [0.5, 0.6) is 0 Å². The number of nitrogen functional groups attached to an aromatic ring is 1. The minimum Gasteiger partial charge on any atom is -0.744 e. The minimum absolute atomic E-state index is 0.178. The average Bonchev–Trinajstić information content (AvgIpc) is 2.89. The molecule has 0 saturated carbocycles. The highest BCUT2D eigenvalue weighted by atomic mass is 32.2. The van der Waals surface area contributed by atoms with E-state index in [1.807, 2.05) is 37.3 Å².